The summed E-state index contributed by atoms with van der Waals surface area (Å²) < 4.78 is 31.7. The Morgan fingerprint density at radius 2 is 1.93 bits per heavy atom. The fraction of sp³-hybridized carbons (Fsp3) is 1.00. The van der Waals surface area contributed by atoms with Crippen molar-refractivity contribution >= 4 is 10.0 Å². The van der Waals surface area contributed by atoms with Crippen molar-refractivity contribution in [3.63, 3.8) is 0 Å². The van der Waals surface area contributed by atoms with Gasteiger partial charge in [0.05, 0.1) is 6.10 Å². The average Bonchev–Trinajstić information content (AvgIpc) is 2.42. The van der Waals surface area contributed by atoms with E-state index in [9.17, 15) is 8.42 Å². The van der Waals surface area contributed by atoms with Crippen molar-refractivity contribution in [2.24, 2.45) is 0 Å². The Kier molecular flexibility index (Phi) is 5.02. The third-order valence-corrected chi connectivity index (χ3v) is 4.97. The molecule has 1 aliphatic rings. The van der Waals surface area contributed by atoms with Gasteiger partial charge < -0.3 is 4.74 Å². The van der Waals surface area contributed by atoms with Crippen LogP contribution in [0.15, 0.2) is 0 Å². The molecule has 1 fully saturated rings. The molecule has 1 aliphatic carbocycles. The van der Waals surface area contributed by atoms with Gasteiger partial charge in [-0.15, -0.1) is 0 Å². The van der Waals surface area contributed by atoms with Gasteiger partial charge in [-0.2, -0.15) is 0 Å². The number of methoxy groups -OCH3 is 1. The zero-order valence-electron chi connectivity index (χ0n) is 9.53. The number of hydrogen-bond acceptors (Lipinski definition) is 3. The van der Waals surface area contributed by atoms with Crippen LogP contribution in [0.3, 0.4) is 0 Å². The molecule has 0 spiro atoms. The van der Waals surface area contributed by atoms with E-state index in [0.29, 0.717) is 13.0 Å². The van der Waals surface area contributed by atoms with Gasteiger partial charge in [-0.1, -0.05) is 26.2 Å². The monoisotopic (exact) mass is 235 g/mol. The van der Waals surface area contributed by atoms with E-state index in [0.717, 1.165) is 25.7 Å². The third kappa shape index (κ3) is 3.43. The highest BCUT2D eigenvalue weighted by atomic mass is 32.2. The van der Waals surface area contributed by atoms with E-state index in [1.54, 1.807) is 14.0 Å². The summed E-state index contributed by atoms with van der Waals surface area (Å²) in [6.45, 7) is 2.26. The summed E-state index contributed by atoms with van der Waals surface area (Å²) in [5, 5.41) is -0.370. The number of ether oxygens (including phenoxy) is 1. The van der Waals surface area contributed by atoms with Crippen LogP contribution in [-0.2, 0) is 14.8 Å². The summed E-state index contributed by atoms with van der Waals surface area (Å²) in [5.74, 6) is 0. The Morgan fingerprint density at radius 3 is 2.53 bits per heavy atom. The Bertz CT molecular complexity index is 276. The summed E-state index contributed by atoms with van der Waals surface area (Å²) in [5.41, 5.74) is 0. The molecule has 0 aromatic carbocycles. The molecule has 5 heteroatoms. The predicted octanol–water partition coefficient (Wildman–Crippen LogP) is 1.27. The smallest absolute Gasteiger partial charge is 0.217 e. The number of sulfonamides is 1. The molecule has 0 aromatic heterocycles. The van der Waals surface area contributed by atoms with Crippen LogP contribution in [0.25, 0.3) is 0 Å². The molecule has 0 bridgehead atoms. The molecule has 0 amide bonds. The Hall–Kier alpha value is -0.130. The molecule has 0 aromatic rings. The number of hydrogen-bond donors (Lipinski definition) is 1. The maximum absolute atomic E-state index is 11.9. The molecule has 0 saturated heterocycles. The molecule has 0 radical (unpaired) electrons. The zero-order chi connectivity index (χ0) is 11.3. The Balaban J connectivity index is 2.78. The molecule has 0 unspecified atom stereocenters. The minimum Gasteiger partial charge on any atom is -0.380 e. The van der Waals surface area contributed by atoms with Crippen molar-refractivity contribution < 1.29 is 13.2 Å². The molecule has 1 saturated carbocycles. The van der Waals surface area contributed by atoms with Crippen molar-refractivity contribution in [2.75, 3.05) is 13.7 Å². The maximum Gasteiger partial charge on any atom is 0.217 e. The Labute approximate surface area is 92.4 Å². The van der Waals surface area contributed by atoms with Crippen LogP contribution >= 0.6 is 0 Å². The van der Waals surface area contributed by atoms with Gasteiger partial charge in [0.1, 0.15) is 5.25 Å². The highest BCUT2D eigenvalue weighted by Gasteiger charge is 2.33. The highest BCUT2D eigenvalue weighted by molar-refractivity contribution is 7.90. The third-order valence-electron chi connectivity index (χ3n) is 2.94. The molecule has 2 atom stereocenters. The van der Waals surface area contributed by atoms with Crippen molar-refractivity contribution in [3.8, 4) is 0 Å². The lowest BCUT2D eigenvalue weighted by molar-refractivity contribution is 0.0921. The van der Waals surface area contributed by atoms with Crippen molar-refractivity contribution in [1.29, 1.82) is 0 Å². The van der Waals surface area contributed by atoms with Gasteiger partial charge in [0.2, 0.25) is 10.0 Å². The first-order chi connectivity index (χ1) is 7.11. The summed E-state index contributed by atoms with van der Waals surface area (Å²) in [4.78, 5) is 0. The van der Waals surface area contributed by atoms with Crippen LogP contribution in [0.2, 0.25) is 0 Å². The highest BCUT2D eigenvalue weighted by Crippen LogP contribution is 2.24. The minimum atomic E-state index is -3.19. The molecule has 90 valence electrons. The first kappa shape index (κ1) is 12.9. The van der Waals surface area contributed by atoms with E-state index in [-0.39, 0.29) is 11.4 Å². The van der Waals surface area contributed by atoms with Gasteiger partial charge in [0.25, 0.3) is 0 Å². The first-order valence-electron chi connectivity index (χ1n) is 5.63. The molecule has 0 aliphatic heterocycles. The second-order valence-electron chi connectivity index (χ2n) is 3.99. The van der Waals surface area contributed by atoms with Crippen LogP contribution in [0, 0.1) is 0 Å². The topological polar surface area (TPSA) is 55.4 Å². The average molecular weight is 235 g/mol. The van der Waals surface area contributed by atoms with E-state index in [2.05, 4.69) is 4.72 Å². The fourth-order valence-electron chi connectivity index (χ4n) is 2.17. The summed E-state index contributed by atoms with van der Waals surface area (Å²) in [6.07, 6.45) is 4.58. The summed E-state index contributed by atoms with van der Waals surface area (Å²) in [7, 11) is -1.59. The largest absolute Gasteiger partial charge is 0.380 e. The van der Waals surface area contributed by atoms with Crippen LogP contribution in [0.4, 0.5) is 0 Å². The molecule has 1 rings (SSSR count). The quantitative estimate of drug-likeness (QED) is 0.747. The van der Waals surface area contributed by atoms with E-state index in [4.69, 9.17) is 4.74 Å². The van der Waals surface area contributed by atoms with Crippen LogP contribution in [0.1, 0.15) is 39.0 Å². The van der Waals surface area contributed by atoms with Crippen molar-refractivity contribution in [1.82, 2.24) is 4.72 Å². The molecule has 4 nitrogen and oxygen atoms in total. The Morgan fingerprint density at radius 1 is 1.27 bits per heavy atom. The standard InChI is InChI=1S/C10H21NO3S/c1-3-11-15(12,13)10-8-6-4-5-7-9(10)14-2/h9-11H,3-8H2,1-2H3/t9-,10+/m1/s1. The van der Waals surface area contributed by atoms with Crippen LogP contribution in [0.5, 0.6) is 0 Å². The lowest BCUT2D eigenvalue weighted by Gasteiger charge is -2.23. The lowest BCUT2D eigenvalue weighted by Crippen LogP contribution is -2.42. The molecular formula is C10H21NO3S. The molecule has 0 heterocycles. The molecular weight excluding hydrogens is 214 g/mol. The second kappa shape index (κ2) is 5.82. The number of nitrogens with one attached hydrogen (secondary N) is 1. The molecule has 15 heavy (non-hydrogen) atoms. The maximum atomic E-state index is 11.9. The SMILES string of the molecule is CCNS(=O)(=O)[C@H]1CCCCC[C@H]1OC. The normalized spacial score (nSPS) is 28.7. The fourth-order valence-corrected chi connectivity index (χ4v) is 3.91. The van der Waals surface area contributed by atoms with Crippen LogP contribution in [-0.4, -0.2) is 33.4 Å². The van der Waals surface area contributed by atoms with Gasteiger partial charge in [0.15, 0.2) is 0 Å². The van der Waals surface area contributed by atoms with E-state index < -0.39 is 10.0 Å². The zero-order valence-corrected chi connectivity index (χ0v) is 10.3. The molecule has 1 N–H and O–H groups in total. The number of rotatable bonds is 4. The summed E-state index contributed by atoms with van der Waals surface area (Å²) in [6, 6.07) is 0. The first-order valence-corrected chi connectivity index (χ1v) is 7.17. The predicted molar refractivity (Wildman–Crippen MR) is 60.3 cm³/mol. The van der Waals surface area contributed by atoms with Gasteiger partial charge in [-0.25, -0.2) is 13.1 Å². The van der Waals surface area contributed by atoms with E-state index >= 15 is 0 Å². The minimum absolute atomic E-state index is 0.142. The second-order valence-corrected chi connectivity index (χ2v) is 5.98. The summed E-state index contributed by atoms with van der Waals surface area (Å²) >= 11 is 0. The van der Waals surface area contributed by atoms with Gasteiger partial charge in [0, 0.05) is 13.7 Å². The van der Waals surface area contributed by atoms with Crippen molar-refractivity contribution in [2.45, 2.75) is 50.4 Å². The van der Waals surface area contributed by atoms with E-state index in [1.807, 2.05) is 0 Å². The lowest BCUT2D eigenvalue weighted by atomic mass is 10.1. The van der Waals surface area contributed by atoms with Crippen LogP contribution < -0.4 is 4.72 Å². The van der Waals surface area contributed by atoms with E-state index in [1.165, 1.54) is 0 Å². The van der Waals surface area contributed by atoms with Gasteiger partial charge >= 0.3 is 0 Å². The van der Waals surface area contributed by atoms with Gasteiger partial charge in [-0.3, -0.25) is 0 Å². The van der Waals surface area contributed by atoms with Gasteiger partial charge in [-0.05, 0) is 12.8 Å². The van der Waals surface area contributed by atoms with Crippen molar-refractivity contribution in [3.05, 3.63) is 0 Å².